The van der Waals surface area contributed by atoms with E-state index >= 15 is 0 Å². The number of rotatable bonds is 3. The molecule has 0 spiro atoms. The van der Waals surface area contributed by atoms with Crippen LogP contribution in [0.4, 0.5) is 0 Å². The number of aromatic amines is 1. The summed E-state index contributed by atoms with van der Waals surface area (Å²) in [6.07, 6.45) is 1.74. The van der Waals surface area contributed by atoms with Crippen LogP contribution in [0.1, 0.15) is 5.56 Å². The Morgan fingerprint density at radius 3 is 2.71 bits per heavy atom. The third-order valence-corrected chi connectivity index (χ3v) is 3.35. The Kier molecular flexibility index (Phi) is 3.94. The number of benzene rings is 2. The summed E-state index contributed by atoms with van der Waals surface area (Å²) in [4.78, 5) is 0. The lowest BCUT2D eigenvalue weighted by Crippen LogP contribution is -1.95. The number of hydrogen-bond donors (Lipinski definition) is 1. The van der Waals surface area contributed by atoms with Gasteiger partial charge in [-0.1, -0.05) is 54.1 Å². The summed E-state index contributed by atoms with van der Waals surface area (Å²) in [7, 11) is 0. The fourth-order valence-electron chi connectivity index (χ4n) is 1.88. The molecule has 21 heavy (non-hydrogen) atoms. The molecule has 0 atom stereocenters. The molecular weight excluding hydrogens is 304 g/mol. The van der Waals surface area contributed by atoms with Crippen LogP contribution < -0.4 is 0 Å². The monoisotopic (exact) mass is 314 g/mol. The van der Waals surface area contributed by atoms with Gasteiger partial charge in [-0.05, 0) is 29.9 Å². The Bertz CT molecular complexity index is 836. The van der Waals surface area contributed by atoms with E-state index in [1.807, 2.05) is 54.6 Å². The van der Waals surface area contributed by atoms with Crippen LogP contribution in [0.5, 0.6) is 0 Å². The van der Waals surface area contributed by atoms with Crippen molar-refractivity contribution < 1.29 is 0 Å². The quantitative estimate of drug-likeness (QED) is 0.583. The average Bonchev–Trinajstić information content (AvgIpc) is 2.87. The highest BCUT2D eigenvalue weighted by Gasteiger charge is 2.08. The number of hydrogen-bond acceptors (Lipinski definition) is 3. The van der Waals surface area contributed by atoms with Crippen molar-refractivity contribution in [2.24, 2.45) is 5.10 Å². The largest absolute Gasteiger partial charge is 0.250 e. The van der Waals surface area contributed by atoms with E-state index in [1.54, 1.807) is 10.9 Å². The second-order valence-electron chi connectivity index (χ2n) is 4.33. The molecule has 2 aromatic carbocycles. The van der Waals surface area contributed by atoms with E-state index in [2.05, 4.69) is 15.3 Å². The molecule has 0 aliphatic carbocycles. The highest BCUT2D eigenvalue weighted by Crippen LogP contribution is 2.21. The third-order valence-electron chi connectivity index (χ3n) is 2.86. The SMILES string of the molecule is S=c1[nH]nc(-c2cccc(Cl)c2)n1N=Cc1ccccc1. The highest BCUT2D eigenvalue weighted by atomic mass is 35.5. The molecular formula is C15H11ClN4S. The third kappa shape index (κ3) is 3.09. The molecule has 4 nitrogen and oxygen atoms in total. The predicted molar refractivity (Wildman–Crippen MR) is 87.3 cm³/mol. The minimum absolute atomic E-state index is 0.428. The maximum absolute atomic E-state index is 6.02. The number of nitrogens with one attached hydrogen (secondary N) is 1. The molecule has 1 heterocycles. The van der Waals surface area contributed by atoms with E-state index in [0.29, 0.717) is 15.6 Å². The lowest BCUT2D eigenvalue weighted by Gasteiger charge is -2.01. The number of nitrogens with zero attached hydrogens (tertiary/aromatic N) is 3. The normalized spacial score (nSPS) is 11.1. The molecule has 0 fully saturated rings. The van der Waals surface area contributed by atoms with Crippen LogP contribution in [-0.2, 0) is 0 Å². The minimum Gasteiger partial charge on any atom is -0.250 e. The van der Waals surface area contributed by atoms with E-state index in [1.165, 1.54) is 0 Å². The first-order valence-electron chi connectivity index (χ1n) is 6.27. The van der Waals surface area contributed by atoms with Gasteiger partial charge < -0.3 is 0 Å². The Labute approximate surface area is 131 Å². The van der Waals surface area contributed by atoms with E-state index < -0.39 is 0 Å². The molecule has 1 N–H and O–H groups in total. The van der Waals surface area contributed by atoms with Crippen molar-refractivity contribution in [3.8, 4) is 11.4 Å². The number of H-pyrrole nitrogens is 1. The van der Waals surface area contributed by atoms with Gasteiger partial charge in [0.1, 0.15) is 0 Å². The van der Waals surface area contributed by atoms with Gasteiger partial charge in [-0.25, -0.2) is 5.10 Å². The van der Waals surface area contributed by atoms with Crippen LogP contribution in [0.25, 0.3) is 11.4 Å². The first kappa shape index (κ1) is 13.7. The minimum atomic E-state index is 0.428. The molecule has 0 saturated heterocycles. The first-order chi connectivity index (χ1) is 10.2. The van der Waals surface area contributed by atoms with Gasteiger partial charge in [0.15, 0.2) is 5.82 Å². The van der Waals surface area contributed by atoms with Crippen molar-refractivity contribution >= 4 is 30.0 Å². The van der Waals surface area contributed by atoms with E-state index in [0.717, 1.165) is 11.1 Å². The molecule has 0 aliphatic heterocycles. The van der Waals surface area contributed by atoms with E-state index in [-0.39, 0.29) is 0 Å². The molecule has 0 bridgehead atoms. The molecule has 0 amide bonds. The van der Waals surface area contributed by atoms with Crippen molar-refractivity contribution in [1.29, 1.82) is 0 Å². The molecule has 0 saturated carbocycles. The van der Waals surface area contributed by atoms with E-state index in [4.69, 9.17) is 23.8 Å². The maximum Gasteiger partial charge on any atom is 0.216 e. The first-order valence-corrected chi connectivity index (χ1v) is 7.05. The Morgan fingerprint density at radius 2 is 1.95 bits per heavy atom. The second kappa shape index (κ2) is 6.03. The fourth-order valence-corrected chi connectivity index (χ4v) is 2.25. The summed E-state index contributed by atoms with van der Waals surface area (Å²) in [5.41, 5.74) is 1.83. The van der Waals surface area contributed by atoms with Gasteiger partial charge in [0.05, 0.1) is 6.21 Å². The molecule has 3 rings (SSSR count). The Morgan fingerprint density at radius 1 is 1.14 bits per heavy atom. The van der Waals surface area contributed by atoms with Gasteiger partial charge >= 0.3 is 0 Å². The molecule has 6 heteroatoms. The van der Waals surface area contributed by atoms with E-state index in [9.17, 15) is 0 Å². The van der Waals surface area contributed by atoms with Gasteiger partial charge in [-0.3, -0.25) is 0 Å². The summed E-state index contributed by atoms with van der Waals surface area (Å²) in [5.74, 6) is 0.620. The van der Waals surface area contributed by atoms with Crippen LogP contribution in [0.15, 0.2) is 59.7 Å². The van der Waals surface area contributed by atoms with Crippen molar-refractivity contribution in [3.63, 3.8) is 0 Å². The van der Waals surface area contributed by atoms with Gasteiger partial charge in [0.2, 0.25) is 4.77 Å². The molecule has 0 unspecified atom stereocenters. The highest BCUT2D eigenvalue weighted by molar-refractivity contribution is 7.71. The van der Waals surface area contributed by atoms with Gasteiger partial charge in [0, 0.05) is 10.6 Å². The maximum atomic E-state index is 6.02. The summed E-state index contributed by atoms with van der Waals surface area (Å²) in [6.45, 7) is 0. The number of halogens is 1. The van der Waals surface area contributed by atoms with Gasteiger partial charge in [-0.15, -0.1) is 0 Å². The van der Waals surface area contributed by atoms with Crippen LogP contribution >= 0.6 is 23.8 Å². The predicted octanol–water partition coefficient (Wildman–Crippen LogP) is 4.14. The molecule has 0 radical (unpaired) electrons. The molecule has 3 aromatic rings. The topological polar surface area (TPSA) is 46.0 Å². The zero-order chi connectivity index (χ0) is 14.7. The van der Waals surface area contributed by atoms with Crippen molar-refractivity contribution in [3.05, 3.63) is 70.0 Å². The zero-order valence-corrected chi connectivity index (χ0v) is 12.5. The van der Waals surface area contributed by atoms with Crippen LogP contribution in [-0.4, -0.2) is 21.1 Å². The summed E-state index contributed by atoms with van der Waals surface area (Å²) in [6, 6.07) is 17.2. The molecule has 0 aliphatic rings. The van der Waals surface area contributed by atoms with Crippen LogP contribution in [0, 0.1) is 4.77 Å². The number of aromatic nitrogens is 3. The Balaban J connectivity index is 2.02. The summed E-state index contributed by atoms with van der Waals surface area (Å²) < 4.78 is 2.01. The smallest absolute Gasteiger partial charge is 0.216 e. The average molecular weight is 315 g/mol. The summed E-state index contributed by atoms with van der Waals surface area (Å²) in [5, 5.41) is 12.0. The lowest BCUT2D eigenvalue weighted by atomic mass is 10.2. The van der Waals surface area contributed by atoms with Gasteiger partial charge in [-0.2, -0.15) is 14.9 Å². The fraction of sp³-hybridized carbons (Fsp3) is 0. The lowest BCUT2D eigenvalue weighted by molar-refractivity contribution is 0.871. The van der Waals surface area contributed by atoms with Gasteiger partial charge in [0.25, 0.3) is 0 Å². The molecule has 1 aromatic heterocycles. The van der Waals surface area contributed by atoms with Crippen molar-refractivity contribution in [2.45, 2.75) is 0 Å². The summed E-state index contributed by atoms with van der Waals surface area (Å²) >= 11 is 11.2. The van der Waals surface area contributed by atoms with Crippen LogP contribution in [0.3, 0.4) is 0 Å². The van der Waals surface area contributed by atoms with Crippen molar-refractivity contribution in [1.82, 2.24) is 14.9 Å². The Hall–Kier alpha value is -2.24. The standard InChI is InChI=1S/C15H11ClN4S/c16-13-8-4-7-12(9-13)14-18-19-15(21)20(14)17-10-11-5-2-1-3-6-11/h1-10H,(H,19,21). The van der Waals surface area contributed by atoms with Crippen LogP contribution in [0.2, 0.25) is 5.02 Å². The second-order valence-corrected chi connectivity index (χ2v) is 5.15. The van der Waals surface area contributed by atoms with Crippen molar-refractivity contribution in [2.75, 3.05) is 0 Å². The zero-order valence-electron chi connectivity index (χ0n) is 10.9. The molecule has 104 valence electrons.